The molecule has 2 amide bonds. The van der Waals surface area contributed by atoms with Gasteiger partial charge in [-0.3, -0.25) is 0 Å². The topological polar surface area (TPSA) is 80.9 Å². The van der Waals surface area contributed by atoms with E-state index in [1.165, 1.54) is 11.5 Å². The number of primary amides is 1. The first-order chi connectivity index (χ1) is 7.75. The number of nitrogens with two attached hydrogens (primary N) is 1. The average molecular weight is 234 g/mol. The first kappa shape index (κ1) is 10.6. The lowest BCUT2D eigenvalue weighted by atomic mass is 10.1. The standard InChI is InChI=1S/C10H10N4OS/c11-10(15)12-5-7-1-3-8(4-2-7)9-6-16-14-13-9/h1-4,6H,5H2,(H3,11,12,15). The zero-order chi connectivity index (χ0) is 11.4. The molecular formula is C10H10N4OS. The highest BCUT2D eigenvalue weighted by atomic mass is 32.1. The molecule has 0 radical (unpaired) electrons. The summed E-state index contributed by atoms with van der Waals surface area (Å²) in [6.07, 6.45) is 0. The van der Waals surface area contributed by atoms with Gasteiger partial charge in [0.15, 0.2) is 0 Å². The van der Waals surface area contributed by atoms with Gasteiger partial charge in [0.2, 0.25) is 0 Å². The fraction of sp³-hybridized carbons (Fsp3) is 0.100. The Kier molecular flexibility index (Phi) is 3.11. The van der Waals surface area contributed by atoms with Crippen molar-refractivity contribution in [2.45, 2.75) is 6.54 Å². The molecule has 0 atom stereocenters. The number of urea groups is 1. The predicted octanol–water partition coefficient (Wildman–Crippen LogP) is 1.37. The van der Waals surface area contributed by atoms with Crippen LogP contribution in [-0.2, 0) is 6.54 Å². The van der Waals surface area contributed by atoms with Crippen molar-refractivity contribution in [3.05, 3.63) is 35.2 Å². The van der Waals surface area contributed by atoms with E-state index in [0.29, 0.717) is 6.54 Å². The molecule has 0 aliphatic carbocycles. The van der Waals surface area contributed by atoms with E-state index in [9.17, 15) is 4.79 Å². The third kappa shape index (κ3) is 2.54. The highest BCUT2D eigenvalue weighted by Gasteiger charge is 2.01. The van der Waals surface area contributed by atoms with E-state index in [-0.39, 0.29) is 0 Å². The molecule has 16 heavy (non-hydrogen) atoms. The molecule has 3 N–H and O–H groups in total. The summed E-state index contributed by atoms with van der Waals surface area (Å²) in [5, 5.41) is 8.38. The SMILES string of the molecule is NC(=O)NCc1ccc(-c2csnn2)cc1. The van der Waals surface area contributed by atoms with Crippen molar-refractivity contribution < 1.29 is 4.79 Å². The molecule has 0 saturated heterocycles. The van der Waals surface area contributed by atoms with Crippen LogP contribution in [-0.4, -0.2) is 15.6 Å². The first-order valence-corrected chi connectivity index (χ1v) is 5.49. The number of nitrogens with one attached hydrogen (secondary N) is 1. The maximum Gasteiger partial charge on any atom is 0.312 e. The number of nitrogens with zero attached hydrogens (tertiary/aromatic N) is 2. The number of benzene rings is 1. The Bertz CT molecular complexity index is 466. The van der Waals surface area contributed by atoms with Gasteiger partial charge in [0.1, 0.15) is 5.69 Å². The minimum atomic E-state index is -0.521. The molecule has 0 unspecified atom stereocenters. The molecule has 1 heterocycles. The van der Waals surface area contributed by atoms with E-state index in [0.717, 1.165) is 16.8 Å². The second-order valence-electron chi connectivity index (χ2n) is 3.20. The van der Waals surface area contributed by atoms with E-state index >= 15 is 0 Å². The molecule has 1 aromatic carbocycles. The normalized spacial score (nSPS) is 10.0. The van der Waals surface area contributed by atoms with Gasteiger partial charge in [0.05, 0.1) is 0 Å². The van der Waals surface area contributed by atoms with Gasteiger partial charge in [0, 0.05) is 17.5 Å². The smallest absolute Gasteiger partial charge is 0.312 e. The number of rotatable bonds is 3. The van der Waals surface area contributed by atoms with Crippen LogP contribution in [0.1, 0.15) is 5.56 Å². The second-order valence-corrected chi connectivity index (χ2v) is 3.81. The van der Waals surface area contributed by atoms with Crippen molar-refractivity contribution in [3.8, 4) is 11.3 Å². The van der Waals surface area contributed by atoms with Crippen LogP contribution in [0.2, 0.25) is 0 Å². The first-order valence-electron chi connectivity index (χ1n) is 4.65. The van der Waals surface area contributed by atoms with Crippen LogP contribution in [0.15, 0.2) is 29.6 Å². The molecule has 0 aliphatic rings. The Labute approximate surface area is 96.5 Å². The predicted molar refractivity (Wildman–Crippen MR) is 61.8 cm³/mol. The van der Waals surface area contributed by atoms with Crippen molar-refractivity contribution in [1.82, 2.24) is 14.9 Å². The maximum absolute atomic E-state index is 10.5. The molecule has 0 spiro atoms. The molecule has 1 aromatic heterocycles. The average Bonchev–Trinajstić information content (AvgIpc) is 2.80. The largest absolute Gasteiger partial charge is 0.352 e. The van der Waals surface area contributed by atoms with Gasteiger partial charge >= 0.3 is 6.03 Å². The van der Waals surface area contributed by atoms with Crippen LogP contribution < -0.4 is 11.1 Å². The number of aromatic nitrogens is 2. The van der Waals surface area contributed by atoms with Crippen molar-refractivity contribution in [1.29, 1.82) is 0 Å². The Hall–Kier alpha value is -1.95. The number of amides is 2. The Morgan fingerprint density at radius 2 is 2.12 bits per heavy atom. The van der Waals surface area contributed by atoms with E-state index in [1.54, 1.807) is 0 Å². The van der Waals surface area contributed by atoms with Gasteiger partial charge in [-0.25, -0.2) is 4.79 Å². The van der Waals surface area contributed by atoms with Crippen molar-refractivity contribution in [2.24, 2.45) is 5.73 Å². The third-order valence-electron chi connectivity index (χ3n) is 2.08. The molecule has 2 rings (SSSR count). The number of hydrogen-bond donors (Lipinski definition) is 2. The minimum Gasteiger partial charge on any atom is -0.352 e. The lowest BCUT2D eigenvalue weighted by molar-refractivity contribution is 0.248. The highest BCUT2D eigenvalue weighted by Crippen LogP contribution is 2.17. The Morgan fingerprint density at radius 1 is 1.38 bits per heavy atom. The quantitative estimate of drug-likeness (QED) is 0.841. The van der Waals surface area contributed by atoms with Gasteiger partial charge in [-0.1, -0.05) is 28.8 Å². The molecule has 0 fully saturated rings. The molecule has 6 heteroatoms. The molecule has 0 saturated carbocycles. The van der Waals surface area contributed by atoms with Crippen molar-refractivity contribution >= 4 is 17.6 Å². The summed E-state index contributed by atoms with van der Waals surface area (Å²) in [6, 6.07) is 7.20. The minimum absolute atomic E-state index is 0.435. The van der Waals surface area contributed by atoms with Crippen LogP contribution in [0, 0.1) is 0 Å². The Morgan fingerprint density at radius 3 is 2.69 bits per heavy atom. The van der Waals surface area contributed by atoms with E-state index in [4.69, 9.17) is 5.73 Å². The number of hydrogen-bond acceptors (Lipinski definition) is 4. The van der Waals surface area contributed by atoms with E-state index < -0.39 is 6.03 Å². The molecule has 2 aromatic rings. The van der Waals surface area contributed by atoms with Crippen molar-refractivity contribution in [2.75, 3.05) is 0 Å². The number of carbonyl (C=O) groups is 1. The zero-order valence-electron chi connectivity index (χ0n) is 8.38. The fourth-order valence-corrected chi connectivity index (χ4v) is 1.74. The van der Waals surface area contributed by atoms with E-state index in [1.807, 2.05) is 29.6 Å². The summed E-state index contributed by atoms with van der Waals surface area (Å²) in [7, 11) is 0. The lowest BCUT2D eigenvalue weighted by Crippen LogP contribution is -2.28. The maximum atomic E-state index is 10.5. The molecule has 82 valence electrons. The van der Waals surface area contributed by atoms with Crippen LogP contribution in [0.4, 0.5) is 4.79 Å². The van der Waals surface area contributed by atoms with Gasteiger partial charge in [0.25, 0.3) is 0 Å². The highest BCUT2D eigenvalue weighted by molar-refractivity contribution is 7.03. The van der Waals surface area contributed by atoms with Gasteiger partial charge in [-0.05, 0) is 17.1 Å². The molecular weight excluding hydrogens is 224 g/mol. The fourth-order valence-electron chi connectivity index (χ4n) is 1.27. The van der Waals surface area contributed by atoms with Crippen LogP contribution in [0.3, 0.4) is 0 Å². The summed E-state index contributed by atoms with van der Waals surface area (Å²) in [5.74, 6) is 0. The summed E-state index contributed by atoms with van der Waals surface area (Å²) < 4.78 is 3.80. The van der Waals surface area contributed by atoms with Crippen molar-refractivity contribution in [3.63, 3.8) is 0 Å². The lowest BCUT2D eigenvalue weighted by Gasteiger charge is -2.02. The summed E-state index contributed by atoms with van der Waals surface area (Å²) in [5.41, 5.74) is 7.84. The molecule has 0 bridgehead atoms. The third-order valence-corrected chi connectivity index (χ3v) is 2.58. The second kappa shape index (κ2) is 4.71. The zero-order valence-corrected chi connectivity index (χ0v) is 9.20. The monoisotopic (exact) mass is 234 g/mol. The Balaban J connectivity index is 2.08. The summed E-state index contributed by atoms with van der Waals surface area (Å²) in [4.78, 5) is 10.5. The summed E-state index contributed by atoms with van der Waals surface area (Å²) in [6.45, 7) is 0.435. The van der Waals surface area contributed by atoms with Crippen LogP contribution in [0.25, 0.3) is 11.3 Å². The summed E-state index contributed by atoms with van der Waals surface area (Å²) >= 11 is 1.32. The van der Waals surface area contributed by atoms with Gasteiger partial charge in [-0.15, -0.1) is 5.10 Å². The van der Waals surface area contributed by atoms with E-state index in [2.05, 4.69) is 14.9 Å². The molecule has 0 aliphatic heterocycles. The van der Waals surface area contributed by atoms with Gasteiger partial charge < -0.3 is 11.1 Å². The number of carbonyl (C=O) groups excluding carboxylic acids is 1. The van der Waals surface area contributed by atoms with Gasteiger partial charge in [-0.2, -0.15) is 0 Å². The van der Waals surface area contributed by atoms with Crippen LogP contribution in [0.5, 0.6) is 0 Å². The van der Waals surface area contributed by atoms with Crippen LogP contribution >= 0.6 is 11.5 Å². The molecule has 5 nitrogen and oxygen atoms in total.